The summed E-state index contributed by atoms with van der Waals surface area (Å²) in [6.45, 7) is 8.12. The third-order valence-electron chi connectivity index (χ3n) is 3.45. The number of carbonyl (C=O) groups is 1. The van der Waals surface area contributed by atoms with E-state index in [1.807, 2.05) is 35.2 Å². The predicted molar refractivity (Wildman–Crippen MR) is 77.8 cm³/mol. The van der Waals surface area contributed by atoms with Gasteiger partial charge in [-0.25, -0.2) is 0 Å². The Balaban J connectivity index is 1.84. The van der Waals surface area contributed by atoms with Crippen LogP contribution in [-0.2, 0) is 11.2 Å². The zero-order chi connectivity index (χ0) is 13.7. The fraction of sp³-hybridized carbons (Fsp3) is 0.400. The largest absolute Gasteiger partial charge is 0.399 e. The molecule has 2 N–H and O–H groups in total. The van der Waals surface area contributed by atoms with Gasteiger partial charge in [0.15, 0.2) is 0 Å². The standard InChI is InChI=1S/C15H21N3O/c1-2-7-17-8-10-18(11-9-17)15(19)12-13-3-5-14(16)6-4-13/h2-6H,1,7-12,16H2. The molecule has 1 aromatic rings. The third-order valence-corrected chi connectivity index (χ3v) is 3.45. The molecule has 0 unspecified atom stereocenters. The van der Waals surface area contributed by atoms with Crippen molar-refractivity contribution in [3.63, 3.8) is 0 Å². The lowest BCUT2D eigenvalue weighted by Crippen LogP contribution is -2.49. The molecule has 0 bridgehead atoms. The van der Waals surface area contributed by atoms with Crippen LogP contribution in [0.2, 0.25) is 0 Å². The molecule has 102 valence electrons. The second kappa shape index (κ2) is 6.38. The summed E-state index contributed by atoms with van der Waals surface area (Å²) >= 11 is 0. The van der Waals surface area contributed by atoms with E-state index < -0.39 is 0 Å². The van der Waals surface area contributed by atoms with Crippen LogP contribution in [0, 0.1) is 0 Å². The van der Waals surface area contributed by atoms with Crippen molar-refractivity contribution in [1.29, 1.82) is 0 Å². The number of nitrogen functional groups attached to an aromatic ring is 1. The maximum Gasteiger partial charge on any atom is 0.227 e. The summed E-state index contributed by atoms with van der Waals surface area (Å²) in [6, 6.07) is 7.51. The van der Waals surface area contributed by atoms with Crippen molar-refractivity contribution in [3.8, 4) is 0 Å². The zero-order valence-electron chi connectivity index (χ0n) is 11.2. The van der Waals surface area contributed by atoms with Crippen molar-refractivity contribution in [2.24, 2.45) is 0 Å². The Kier molecular flexibility index (Phi) is 4.58. The van der Waals surface area contributed by atoms with Gasteiger partial charge in [-0.2, -0.15) is 0 Å². The molecule has 4 nitrogen and oxygen atoms in total. The molecule has 4 heteroatoms. The van der Waals surface area contributed by atoms with Crippen molar-refractivity contribution in [3.05, 3.63) is 42.5 Å². The van der Waals surface area contributed by atoms with Crippen molar-refractivity contribution >= 4 is 11.6 Å². The summed E-state index contributed by atoms with van der Waals surface area (Å²) in [7, 11) is 0. The molecular weight excluding hydrogens is 238 g/mol. The average Bonchev–Trinajstić information content (AvgIpc) is 2.42. The first kappa shape index (κ1) is 13.6. The lowest BCUT2D eigenvalue weighted by Gasteiger charge is -2.34. The number of nitrogens with two attached hydrogens (primary N) is 1. The van der Waals surface area contributed by atoms with Crippen molar-refractivity contribution in [2.75, 3.05) is 38.5 Å². The molecular formula is C15H21N3O. The Hall–Kier alpha value is -1.81. The van der Waals surface area contributed by atoms with Crippen LogP contribution in [0.3, 0.4) is 0 Å². The Morgan fingerprint density at radius 1 is 1.21 bits per heavy atom. The maximum absolute atomic E-state index is 12.2. The number of hydrogen-bond donors (Lipinski definition) is 1. The van der Waals surface area contributed by atoms with E-state index >= 15 is 0 Å². The van der Waals surface area contributed by atoms with Crippen LogP contribution in [-0.4, -0.2) is 48.4 Å². The molecule has 1 fully saturated rings. The van der Waals surface area contributed by atoms with E-state index in [1.165, 1.54) is 0 Å². The first-order chi connectivity index (χ1) is 9.19. The van der Waals surface area contributed by atoms with E-state index in [0.29, 0.717) is 6.42 Å². The van der Waals surface area contributed by atoms with Crippen LogP contribution in [0.5, 0.6) is 0 Å². The number of benzene rings is 1. The third kappa shape index (κ3) is 3.83. The van der Waals surface area contributed by atoms with Crippen LogP contribution in [0.15, 0.2) is 36.9 Å². The molecule has 1 aliphatic heterocycles. The number of carbonyl (C=O) groups excluding carboxylic acids is 1. The van der Waals surface area contributed by atoms with Gasteiger partial charge in [0.1, 0.15) is 0 Å². The number of hydrogen-bond acceptors (Lipinski definition) is 3. The van der Waals surface area contributed by atoms with Gasteiger partial charge in [-0.3, -0.25) is 9.69 Å². The van der Waals surface area contributed by atoms with Gasteiger partial charge in [0, 0.05) is 38.4 Å². The van der Waals surface area contributed by atoms with Crippen molar-refractivity contribution < 1.29 is 4.79 Å². The van der Waals surface area contributed by atoms with Crippen LogP contribution < -0.4 is 5.73 Å². The average molecular weight is 259 g/mol. The Morgan fingerprint density at radius 2 is 1.84 bits per heavy atom. The Labute approximate surface area is 114 Å². The lowest BCUT2D eigenvalue weighted by atomic mass is 10.1. The van der Waals surface area contributed by atoms with Crippen molar-refractivity contribution in [2.45, 2.75) is 6.42 Å². The molecule has 1 amide bonds. The molecule has 0 saturated carbocycles. The number of piperazine rings is 1. The molecule has 1 aromatic carbocycles. The summed E-state index contributed by atoms with van der Waals surface area (Å²) in [4.78, 5) is 16.4. The number of amides is 1. The van der Waals surface area contributed by atoms with Crippen LogP contribution in [0.25, 0.3) is 0 Å². The molecule has 0 atom stereocenters. The quantitative estimate of drug-likeness (QED) is 0.651. The number of anilines is 1. The molecule has 1 aliphatic rings. The van der Waals surface area contributed by atoms with E-state index in [9.17, 15) is 4.79 Å². The summed E-state index contributed by atoms with van der Waals surface area (Å²) < 4.78 is 0. The molecule has 0 aromatic heterocycles. The van der Waals surface area contributed by atoms with Crippen LogP contribution in [0.1, 0.15) is 5.56 Å². The summed E-state index contributed by atoms with van der Waals surface area (Å²) in [6.07, 6.45) is 2.37. The minimum atomic E-state index is 0.197. The summed E-state index contributed by atoms with van der Waals surface area (Å²) in [5.41, 5.74) is 7.39. The molecule has 0 aliphatic carbocycles. The van der Waals surface area contributed by atoms with Gasteiger partial charge in [-0.05, 0) is 17.7 Å². The maximum atomic E-state index is 12.2. The lowest BCUT2D eigenvalue weighted by molar-refractivity contribution is -0.132. The molecule has 19 heavy (non-hydrogen) atoms. The summed E-state index contributed by atoms with van der Waals surface area (Å²) in [5.74, 6) is 0.197. The number of nitrogens with zero attached hydrogens (tertiary/aromatic N) is 2. The molecule has 1 heterocycles. The van der Waals surface area contributed by atoms with Crippen LogP contribution >= 0.6 is 0 Å². The fourth-order valence-corrected chi connectivity index (χ4v) is 2.28. The zero-order valence-corrected chi connectivity index (χ0v) is 11.2. The smallest absolute Gasteiger partial charge is 0.227 e. The highest BCUT2D eigenvalue weighted by molar-refractivity contribution is 5.79. The SMILES string of the molecule is C=CCN1CCN(C(=O)Cc2ccc(N)cc2)CC1. The van der Waals surface area contributed by atoms with Gasteiger partial charge < -0.3 is 10.6 Å². The van der Waals surface area contributed by atoms with E-state index in [4.69, 9.17) is 5.73 Å². The Bertz CT molecular complexity index is 433. The second-order valence-electron chi connectivity index (χ2n) is 4.89. The van der Waals surface area contributed by atoms with Crippen LogP contribution in [0.4, 0.5) is 5.69 Å². The van der Waals surface area contributed by atoms with Gasteiger partial charge >= 0.3 is 0 Å². The van der Waals surface area contributed by atoms with Gasteiger partial charge in [-0.1, -0.05) is 18.2 Å². The Morgan fingerprint density at radius 3 is 2.42 bits per heavy atom. The second-order valence-corrected chi connectivity index (χ2v) is 4.89. The predicted octanol–water partition coefficient (Wildman–Crippen LogP) is 1.14. The van der Waals surface area contributed by atoms with Crippen molar-refractivity contribution in [1.82, 2.24) is 9.80 Å². The molecule has 0 spiro atoms. The summed E-state index contributed by atoms with van der Waals surface area (Å²) in [5, 5.41) is 0. The normalized spacial score (nSPS) is 16.3. The number of rotatable bonds is 4. The van der Waals surface area contributed by atoms with E-state index in [2.05, 4.69) is 11.5 Å². The van der Waals surface area contributed by atoms with Gasteiger partial charge in [0.2, 0.25) is 5.91 Å². The van der Waals surface area contributed by atoms with Gasteiger partial charge in [0.05, 0.1) is 6.42 Å². The first-order valence-electron chi connectivity index (χ1n) is 6.64. The highest BCUT2D eigenvalue weighted by Crippen LogP contribution is 2.09. The van der Waals surface area contributed by atoms with E-state index in [-0.39, 0.29) is 5.91 Å². The minimum absolute atomic E-state index is 0.197. The molecule has 1 saturated heterocycles. The molecule has 0 radical (unpaired) electrons. The highest BCUT2D eigenvalue weighted by atomic mass is 16.2. The van der Waals surface area contributed by atoms with E-state index in [1.54, 1.807) is 0 Å². The highest BCUT2D eigenvalue weighted by Gasteiger charge is 2.20. The topological polar surface area (TPSA) is 49.6 Å². The van der Waals surface area contributed by atoms with E-state index in [0.717, 1.165) is 44.0 Å². The van der Waals surface area contributed by atoms with Gasteiger partial charge in [-0.15, -0.1) is 6.58 Å². The fourth-order valence-electron chi connectivity index (χ4n) is 2.28. The monoisotopic (exact) mass is 259 g/mol. The minimum Gasteiger partial charge on any atom is -0.399 e. The first-order valence-corrected chi connectivity index (χ1v) is 6.64. The van der Waals surface area contributed by atoms with Gasteiger partial charge in [0.25, 0.3) is 0 Å². The molecule has 2 rings (SSSR count).